The summed E-state index contributed by atoms with van der Waals surface area (Å²) in [5, 5.41) is 9.44. The van der Waals surface area contributed by atoms with Gasteiger partial charge in [-0.2, -0.15) is 0 Å². The molecule has 1 aliphatic carbocycles. The predicted molar refractivity (Wildman–Crippen MR) is 75.7 cm³/mol. The Balaban J connectivity index is 2.64. The Kier molecular flexibility index (Phi) is 5.23. The van der Waals surface area contributed by atoms with Crippen LogP contribution in [0.25, 0.3) is 0 Å². The number of aliphatic hydroxyl groups excluding tert-OH is 1. The molecular weight excluding hydrogens is 228 g/mol. The van der Waals surface area contributed by atoms with Crippen molar-refractivity contribution in [2.24, 2.45) is 5.92 Å². The van der Waals surface area contributed by atoms with Gasteiger partial charge in [0.2, 0.25) is 0 Å². The van der Waals surface area contributed by atoms with E-state index in [1.807, 2.05) is 0 Å². The molecule has 1 saturated carbocycles. The maximum atomic E-state index is 9.15. The van der Waals surface area contributed by atoms with E-state index >= 15 is 0 Å². The van der Waals surface area contributed by atoms with Gasteiger partial charge < -0.3 is 9.53 Å². The van der Waals surface area contributed by atoms with Crippen molar-refractivity contribution in [3.8, 4) is 0 Å². The van der Waals surface area contributed by atoms with Crippen LogP contribution in [-0.4, -0.2) is 26.1 Å². The van der Waals surface area contributed by atoms with Crippen molar-refractivity contribution < 1.29 is 9.53 Å². The van der Waals surface area contributed by atoms with Crippen LogP contribution in [0.15, 0.2) is 0 Å². The Hall–Kier alpha value is 0.137. The van der Waals surface area contributed by atoms with Gasteiger partial charge in [-0.15, -0.1) is 0 Å². The minimum atomic E-state index is -1.64. The SMILES string of the molecule is CC(C)(C)[Si](C)(C)O[C@@H]1CCCC[C@H]1CCO. The van der Waals surface area contributed by atoms with E-state index in [0.717, 1.165) is 6.42 Å². The van der Waals surface area contributed by atoms with E-state index in [9.17, 15) is 0 Å². The van der Waals surface area contributed by atoms with Gasteiger partial charge in [0, 0.05) is 12.7 Å². The minimum Gasteiger partial charge on any atom is -0.414 e. The van der Waals surface area contributed by atoms with Gasteiger partial charge >= 0.3 is 0 Å². The maximum absolute atomic E-state index is 9.15. The molecule has 0 amide bonds. The largest absolute Gasteiger partial charge is 0.414 e. The zero-order valence-electron chi connectivity index (χ0n) is 12.3. The first-order chi connectivity index (χ1) is 7.78. The monoisotopic (exact) mass is 258 g/mol. The molecule has 0 aliphatic heterocycles. The van der Waals surface area contributed by atoms with E-state index in [-0.39, 0.29) is 5.04 Å². The fourth-order valence-electron chi connectivity index (χ4n) is 2.38. The van der Waals surface area contributed by atoms with Crippen molar-refractivity contribution in [3.05, 3.63) is 0 Å². The second-order valence-corrected chi connectivity index (χ2v) is 11.7. The van der Waals surface area contributed by atoms with Crippen molar-refractivity contribution in [1.29, 1.82) is 0 Å². The van der Waals surface area contributed by atoms with Crippen molar-refractivity contribution >= 4 is 8.32 Å². The van der Waals surface area contributed by atoms with Crippen LogP contribution in [0.4, 0.5) is 0 Å². The summed E-state index contributed by atoms with van der Waals surface area (Å²) < 4.78 is 6.54. The highest BCUT2D eigenvalue weighted by atomic mass is 28.4. The third-order valence-corrected chi connectivity index (χ3v) is 9.10. The predicted octanol–water partition coefficient (Wildman–Crippen LogP) is 3.95. The van der Waals surface area contributed by atoms with E-state index in [1.54, 1.807) is 0 Å². The lowest BCUT2D eigenvalue weighted by Crippen LogP contribution is -2.46. The summed E-state index contributed by atoms with van der Waals surface area (Å²) in [6, 6.07) is 0. The molecule has 1 aliphatic rings. The van der Waals surface area contributed by atoms with Gasteiger partial charge in [-0.3, -0.25) is 0 Å². The molecule has 0 aromatic carbocycles. The van der Waals surface area contributed by atoms with Gasteiger partial charge in [-0.25, -0.2) is 0 Å². The maximum Gasteiger partial charge on any atom is 0.192 e. The Morgan fingerprint density at radius 1 is 1.18 bits per heavy atom. The van der Waals surface area contributed by atoms with Crippen LogP contribution in [0.3, 0.4) is 0 Å². The van der Waals surface area contributed by atoms with E-state index in [1.165, 1.54) is 25.7 Å². The van der Waals surface area contributed by atoms with Gasteiger partial charge in [0.25, 0.3) is 0 Å². The van der Waals surface area contributed by atoms with E-state index < -0.39 is 8.32 Å². The van der Waals surface area contributed by atoms with E-state index in [2.05, 4.69) is 33.9 Å². The molecule has 2 nitrogen and oxygen atoms in total. The number of hydrogen-bond acceptors (Lipinski definition) is 2. The highest BCUT2D eigenvalue weighted by molar-refractivity contribution is 6.74. The number of aliphatic hydroxyl groups is 1. The summed E-state index contributed by atoms with van der Waals surface area (Å²) in [6.45, 7) is 11.9. The second kappa shape index (κ2) is 5.85. The van der Waals surface area contributed by atoms with Gasteiger partial charge in [0.1, 0.15) is 0 Å². The van der Waals surface area contributed by atoms with Crippen LogP contribution < -0.4 is 0 Å². The topological polar surface area (TPSA) is 29.5 Å². The molecule has 1 fully saturated rings. The minimum absolute atomic E-state index is 0.286. The molecule has 0 unspecified atom stereocenters. The Labute approximate surface area is 108 Å². The van der Waals surface area contributed by atoms with Crippen LogP contribution in [0.5, 0.6) is 0 Å². The highest BCUT2D eigenvalue weighted by Crippen LogP contribution is 2.40. The Morgan fingerprint density at radius 2 is 1.76 bits per heavy atom. The standard InChI is InChI=1S/C14H30O2Si/c1-14(2,3)17(4,5)16-13-9-7-6-8-12(13)10-11-15/h12-13,15H,6-11H2,1-5H3/t12-,13+/m0/s1. The summed E-state index contributed by atoms with van der Waals surface area (Å²) >= 11 is 0. The first-order valence-corrected chi connectivity index (χ1v) is 9.97. The molecule has 0 radical (unpaired) electrons. The molecule has 17 heavy (non-hydrogen) atoms. The quantitative estimate of drug-likeness (QED) is 0.774. The molecule has 2 atom stereocenters. The molecule has 0 saturated heterocycles. The van der Waals surface area contributed by atoms with Crippen molar-refractivity contribution in [2.75, 3.05) is 6.61 Å². The van der Waals surface area contributed by atoms with Crippen LogP contribution in [0.1, 0.15) is 52.9 Å². The average molecular weight is 258 g/mol. The van der Waals surface area contributed by atoms with Crippen molar-refractivity contribution in [1.82, 2.24) is 0 Å². The van der Waals surface area contributed by atoms with Crippen molar-refractivity contribution in [2.45, 2.75) is 77.1 Å². The van der Waals surface area contributed by atoms with E-state index in [4.69, 9.17) is 9.53 Å². The van der Waals surface area contributed by atoms with Crippen molar-refractivity contribution in [3.63, 3.8) is 0 Å². The van der Waals surface area contributed by atoms with Gasteiger partial charge in [0.05, 0.1) is 0 Å². The zero-order valence-corrected chi connectivity index (χ0v) is 13.3. The summed E-state index contributed by atoms with van der Waals surface area (Å²) in [7, 11) is -1.64. The fraction of sp³-hybridized carbons (Fsp3) is 1.00. The fourth-order valence-corrected chi connectivity index (χ4v) is 3.80. The lowest BCUT2D eigenvalue weighted by atomic mass is 9.85. The summed E-state index contributed by atoms with van der Waals surface area (Å²) in [5.41, 5.74) is 0. The highest BCUT2D eigenvalue weighted by Gasteiger charge is 2.41. The van der Waals surface area contributed by atoms with Crippen LogP contribution in [0, 0.1) is 5.92 Å². The molecule has 0 aromatic heterocycles. The van der Waals surface area contributed by atoms with Crippen LogP contribution >= 0.6 is 0 Å². The molecule has 0 heterocycles. The molecule has 0 bridgehead atoms. The molecule has 0 aromatic rings. The Morgan fingerprint density at radius 3 is 2.29 bits per heavy atom. The molecular formula is C14H30O2Si. The summed E-state index contributed by atoms with van der Waals surface area (Å²) in [4.78, 5) is 0. The average Bonchev–Trinajstić information content (AvgIpc) is 2.19. The zero-order chi connectivity index (χ0) is 13.1. The Bertz CT molecular complexity index is 231. The first kappa shape index (κ1) is 15.2. The number of hydrogen-bond donors (Lipinski definition) is 1. The molecule has 3 heteroatoms. The summed E-state index contributed by atoms with van der Waals surface area (Å²) in [6.07, 6.45) is 6.34. The molecule has 0 spiro atoms. The summed E-state index contributed by atoms with van der Waals surface area (Å²) in [5.74, 6) is 0.586. The smallest absolute Gasteiger partial charge is 0.192 e. The van der Waals surface area contributed by atoms with Crippen LogP contribution in [-0.2, 0) is 4.43 Å². The molecule has 102 valence electrons. The van der Waals surface area contributed by atoms with Crippen LogP contribution in [0.2, 0.25) is 18.1 Å². The normalized spacial score (nSPS) is 27.2. The third kappa shape index (κ3) is 4.07. The lowest BCUT2D eigenvalue weighted by molar-refractivity contribution is 0.0637. The number of rotatable bonds is 4. The molecule has 1 rings (SSSR count). The second-order valence-electron chi connectivity index (χ2n) is 6.97. The third-order valence-electron chi connectivity index (χ3n) is 4.59. The lowest BCUT2D eigenvalue weighted by Gasteiger charge is -2.43. The van der Waals surface area contributed by atoms with Gasteiger partial charge in [-0.05, 0) is 43.3 Å². The first-order valence-electron chi connectivity index (χ1n) is 7.06. The van der Waals surface area contributed by atoms with Gasteiger partial charge in [-0.1, -0.05) is 33.6 Å². The van der Waals surface area contributed by atoms with E-state index in [0.29, 0.717) is 18.6 Å². The molecule has 1 N–H and O–H groups in total. The van der Waals surface area contributed by atoms with Gasteiger partial charge in [0.15, 0.2) is 8.32 Å².